The quantitative estimate of drug-likeness (QED) is 0.703. The first-order valence-corrected chi connectivity index (χ1v) is 5.57. The summed E-state index contributed by atoms with van der Waals surface area (Å²) < 4.78 is 5.32. The zero-order chi connectivity index (χ0) is 13.9. The standard InChI is InChI=1S/C12H18N2O4/c1-7-9(11(16)17)4-8(18-7)6-14-12(2,3)5-10(13)15/h4,14H,5-6H2,1-3H3,(H2,13,15)(H,16,17). The monoisotopic (exact) mass is 254 g/mol. The van der Waals surface area contributed by atoms with Crippen LogP contribution in [0.15, 0.2) is 10.5 Å². The van der Waals surface area contributed by atoms with Gasteiger partial charge in [-0.3, -0.25) is 4.79 Å². The highest BCUT2D eigenvalue weighted by Gasteiger charge is 2.21. The third kappa shape index (κ3) is 3.89. The van der Waals surface area contributed by atoms with Gasteiger partial charge in [-0.25, -0.2) is 4.79 Å². The molecular formula is C12H18N2O4. The summed E-state index contributed by atoms with van der Waals surface area (Å²) in [5, 5.41) is 12.0. The van der Waals surface area contributed by atoms with Gasteiger partial charge in [0.15, 0.2) is 0 Å². The summed E-state index contributed by atoms with van der Waals surface area (Å²) in [5.41, 5.74) is 4.83. The van der Waals surface area contributed by atoms with E-state index < -0.39 is 17.4 Å². The van der Waals surface area contributed by atoms with E-state index in [0.717, 1.165) is 0 Å². The van der Waals surface area contributed by atoms with Crippen molar-refractivity contribution >= 4 is 11.9 Å². The summed E-state index contributed by atoms with van der Waals surface area (Å²) in [6, 6.07) is 1.48. The summed E-state index contributed by atoms with van der Waals surface area (Å²) in [7, 11) is 0. The predicted molar refractivity (Wildman–Crippen MR) is 65.1 cm³/mol. The summed E-state index contributed by atoms with van der Waals surface area (Å²) in [6.07, 6.45) is 0.193. The Morgan fingerprint density at radius 3 is 2.56 bits per heavy atom. The zero-order valence-electron chi connectivity index (χ0n) is 10.7. The SMILES string of the molecule is Cc1oc(CNC(C)(C)CC(N)=O)cc1C(=O)O. The Kier molecular flexibility index (Phi) is 4.13. The maximum Gasteiger partial charge on any atom is 0.339 e. The number of aryl methyl sites for hydroxylation is 1. The number of carbonyl (C=O) groups is 2. The van der Waals surface area contributed by atoms with Gasteiger partial charge < -0.3 is 20.6 Å². The number of primary amides is 1. The van der Waals surface area contributed by atoms with E-state index in [1.807, 2.05) is 13.8 Å². The maximum absolute atomic E-state index is 10.9. The molecule has 1 heterocycles. The first-order valence-electron chi connectivity index (χ1n) is 5.57. The van der Waals surface area contributed by atoms with Crippen molar-refractivity contribution in [3.8, 4) is 0 Å². The van der Waals surface area contributed by atoms with Crippen molar-refractivity contribution in [3.63, 3.8) is 0 Å². The van der Waals surface area contributed by atoms with Gasteiger partial charge in [-0.1, -0.05) is 0 Å². The lowest BCUT2D eigenvalue weighted by atomic mass is 10.0. The third-order valence-electron chi connectivity index (χ3n) is 2.56. The number of carbonyl (C=O) groups excluding carboxylic acids is 1. The molecule has 1 rings (SSSR count). The molecule has 0 aliphatic heterocycles. The highest BCUT2D eigenvalue weighted by atomic mass is 16.4. The Morgan fingerprint density at radius 1 is 1.50 bits per heavy atom. The van der Waals surface area contributed by atoms with Crippen molar-refractivity contribution in [2.24, 2.45) is 5.73 Å². The van der Waals surface area contributed by atoms with E-state index in [1.54, 1.807) is 6.92 Å². The van der Waals surface area contributed by atoms with Gasteiger partial charge in [0, 0.05) is 12.0 Å². The maximum atomic E-state index is 10.9. The number of furan rings is 1. The fourth-order valence-corrected chi connectivity index (χ4v) is 1.67. The number of amides is 1. The van der Waals surface area contributed by atoms with Gasteiger partial charge in [0.2, 0.25) is 5.91 Å². The van der Waals surface area contributed by atoms with Crippen molar-refractivity contribution in [1.29, 1.82) is 0 Å². The average Bonchev–Trinajstić information content (AvgIpc) is 2.55. The van der Waals surface area contributed by atoms with Gasteiger partial charge in [0.1, 0.15) is 17.1 Å². The lowest BCUT2D eigenvalue weighted by Crippen LogP contribution is -2.42. The molecule has 1 aromatic heterocycles. The highest BCUT2D eigenvalue weighted by molar-refractivity contribution is 5.88. The number of carboxylic acids is 1. The van der Waals surface area contributed by atoms with Crippen molar-refractivity contribution in [1.82, 2.24) is 5.32 Å². The van der Waals surface area contributed by atoms with E-state index in [2.05, 4.69) is 5.32 Å². The number of hydrogen-bond donors (Lipinski definition) is 3. The molecule has 0 spiro atoms. The fraction of sp³-hybridized carbons (Fsp3) is 0.500. The van der Waals surface area contributed by atoms with Crippen molar-refractivity contribution in [2.75, 3.05) is 0 Å². The lowest BCUT2D eigenvalue weighted by molar-refractivity contribution is -0.119. The summed E-state index contributed by atoms with van der Waals surface area (Å²) in [6.45, 7) is 5.62. The van der Waals surface area contributed by atoms with Crippen molar-refractivity contribution in [3.05, 3.63) is 23.2 Å². The molecule has 0 unspecified atom stereocenters. The molecular weight excluding hydrogens is 236 g/mol. The molecule has 0 atom stereocenters. The molecule has 0 fully saturated rings. The smallest absolute Gasteiger partial charge is 0.339 e. The largest absolute Gasteiger partial charge is 0.478 e. The molecule has 6 nitrogen and oxygen atoms in total. The summed E-state index contributed by atoms with van der Waals surface area (Å²) in [4.78, 5) is 21.7. The summed E-state index contributed by atoms with van der Waals surface area (Å²) >= 11 is 0. The van der Waals surface area contributed by atoms with Crippen LogP contribution in [0.1, 0.15) is 42.1 Å². The van der Waals surface area contributed by atoms with Crippen LogP contribution in [-0.2, 0) is 11.3 Å². The second-order valence-electron chi connectivity index (χ2n) is 4.87. The van der Waals surface area contributed by atoms with Crippen LogP contribution in [0.4, 0.5) is 0 Å². The molecule has 18 heavy (non-hydrogen) atoms. The molecule has 1 amide bonds. The first-order chi connectivity index (χ1) is 8.21. The molecule has 0 saturated heterocycles. The van der Waals surface area contributed by atoms with E-state index in [1.165, 1.54) is 6.07 Å². The first kappa shape index (κ1) is 14.2. The van der Waals surface area contributed by atoms with Gasteiger partial charge in [-0.2, -0.15) is 0 Å². The molecule has 4 N–H and O–H groups in total. The van der Waals surface area contributed by atoms with Crippen molar-refractivity contribution in [2.45, 2.75) is 39.3 Å². The van der Waals surface area contributed by atoms with Crippen LogP contribution in [0.5, 0.6) is 0 Å². The second-order valence-corrected chi connectivity index (χ2v) is 4.87. The molecule has 0 radical (unpaired) electrons. The molecule has 100 valence electrons. The molecule has 0 bridgehead atoms. The Balaban J connectivity index is 2.66. The minimum absolute atomic E-state index is 0.152. The predicted octanol–water partition coefficient (Wildman–Crippen LogP) is 1.03. The van der Waals surface area contributed by atoms with E-state index in [0.29, 0.717) is 18.1 Å². The summed E-state index contributed by atoms with van der Waals surface area (Å²) in [5.74, 6) is -0.525. The molecule has 6 heteroatoms. The number of hydrogen-bond acceptors (Lipinski definition) is 4. The number of nitrogens with two attached hydrogens (primary N) is 1. The number of nitrogens with one attached hydrogen (secondary N) is 1. The molecule has 0 aliphatic rings. The van der Waals surface area contributed by atoms with Crippen LogP contribution < -0.4 is 11.1 Å². The van der Waals surface area contributed by atoms with Crippen LogP contribution in [0.25, 0.3) is 0 Å². The number of rotatable bonds is 6. The van der Waals surface area contributed by atoms with Crippen LogP contribution in [0, 0.1) is 6.92 Å². The Labute approximate surface area is 105 Å². The fourth-order valence-electron chi connectivity index (χ4n) is 1.67. The Bertz CT molecular complexity index is 463. The minimum Gasteiger partial charge on any atom is -0.478 e. The lowest BCUT2D eigenvalue weighted by Gasteiger charge is -2.24. The third-order valence-corrected chi connectivity index (χ3v) is 2.56. The number of aromatic carboxylic acids is 1. The normalized spacial score (nSPS) is 11.5. The Morgan fingerprint density at radius 2 is 2.11 bits per heavy atom. The average molecular weight is 254 g/mol. The topological polar surface area (TPSA) is 106 Å². The van der Waals surface area contributed by atoms with Gasteiger partial charge in [0.25, 0.3) is 0 Å². The zero-order valence-corrected chi connectivity index (χ0v) is 10.7. The van der Waals surface area contributed by atoms with E-state index in [-0.39, 0.29) is 12.0 Å². The van der Waals surface area contributed by atoms with Gasteiger partial charge >= 0.3 is 5.97 Å². The minimum atomic E-state index is -1.01. The van der Waals surface area contributed by atoms with E-state index in [9.17, 15) is 9.59 Å². The molecule has 1 aromatic rings. The Hall–Kier alpha value is -1.82. The van der Waals surface area contributed by atoms with E-state index in [4.69, 9.17) is 15.3 Å². The molecule has 0 saturated carbocycles. The number of carboxylic acid groups (broad SMARTS) is 1. The van der Waals surface area contributed by atoms with Crippen LogP contribution in [0.3, 0.4) is 0 Å². The van der Waals surface area contributed by atoms with Gasteiger partial charge in [0.05, 0.1) is 6.54 Å². The van der Waals surface area contributed by atoms with E-state index >= 15 is 0 Å². The highest BCUT2D eigenvalue weighted by Crippen LogP contribution is 2.16. The second kappa shape index (κ2) is 5.22. The van der Waals surface area contributed by atoms with Crippen LogP contribution >= 0.6 is 0 Å². The van der Waals surface area contributed by atoms with Gasteiger partial charge in [-0.05, 0) is 26.8 Å². The van der Waals surface area contributed by atoms with Crippen molar-refractivity contribution < 1.29 is 19.1 Å². The molecule has 0 aromatic carbocycles. The van der Waals surface area contributed by atoms with Gasteiger partial charge in [-0.15, -0.1) is 0 Å². The molecule has 0 aliphatic carbocycles. The van der Waals surface area contributed by atoms with Crippen LogP contribution in [-0.4, -0.2) is 22.5 Å². The van der Waals surface area contributed by atoms with Crippen LogP contribution in [0.2, 0.25) is 0 Å².